The largest absolute Gasteiger partial charge is 0.328 e. The van der Waals surface area contributed by atoms with Gasteiger partial charge < -0.3 is 10.2 Å². The van der Waals surface area contributed by atoms with Gasteiger partial charge in [-0.05, 0) is 69.6 Å². The van der Waals surface area contributed by atoms with Crippen LogP contribution in [0.25, 0.3) is 0 Å². The zero-order chi connectivity index (χ0) is 20.5. The van der Waals surface area contributed by atoms with E-state index >= 15 is 0 Å². The van der Waals surface area contributed by atoms with Crippen molar-refractivity contribution >= 4 is 29.2 Å². The molecule has 4 amide bonds. The quantitative estimate of drug-likeness (QED) is 0.622. The summed E-state index contributed by atoms with van der Waals surface area (Å²) in [4.78, 5) is 39.3. The van der Waals surface area contributed by atoms with Crippen molar-refractivity contribution in [1.82, 2.24) is 10.2 Å². The van der Waals surface area contributed by atoms with Crippen molar-refractivity contribution in [2.45, 2.75) is 57.8 Å². The summed E-state index contributed by atoms with van der Waals surface area (Å²) in [7, 11) is 0. The molecule has 0 atom stereocenters. The molecule has 1 aromatic carbocycles. The number of carbonyl (C=O) groups excluding carboxylic acids is 3. The van der Waals surface area contributed by atoms with Crippen molar-refractivity contribution in [3.05, 3.63) is 24.3 Å². The number of hydrogen-bond donors (Lipinski definition) is 2. The number of urea groups is 1. The second kappa shape index (κ2) is 11.0. The van der Waals surface area contributed by atoms with Crippen LogP contribution in [0.2, 0.25) is 0 Å². The van der Waals surface area contributed by atoms with E-state index in [1.807, 2.05) is 0 Å². The fourth-order valence-corrected chi connectivity index (χ4v) is 3.92. The van der Waals surface area contributed by atoms with Crippen LogP contribution in [0.3, 0.4) is 0 Å². The predicted molar refractivity (Wildman–Crippen MR) is 114 cm³/mol. The first-order valence-electron chi connectivity index (χ1n) is 10.9. The number of amides is 4. The van der Waals surface area contributed by atoms with E-state index in [2.05, 4.69) is 15.5 Å². The highest BCUT2D eigenvalue weighted by Gasteiger charge is 2.23. The number of hydrogen-bond acceptors (Lipinski definition) is 4. The van der Waals surface area contributed by atoms with Crippen LogP contribution >= 0.6 is 0 Å². The molecule has 0 aromatic heterocycles. The summed E-state index contributed by atoms with van der Waals surface area (Å²) >= 11 is 0. The predicted octanol–water partition coefficient (Wildman–Crippen LogP) is 3.51. The number of piperidine rings is 1. The summed E-state index contributed by atoms with van der Waals surface area (Å²) < 4.78 is 0. The van der Waals surface area contributed by atoms with Gasteiger partial charge >= 0.3 is 6.03 Å². The van der Waals surface area contributed by atoms with E-state index in [9.17, 15) is 14.4 Å². The van der Waals surface area contributed by atoms with Gasteiger partial charge in [0.1, 0.15) is 0 Å². The Morgan fingerprint density at radius 1 is 0.931 bits per heavy atom. The molecule has 2 fully saturated rings. The number of carbonyl (C=O) groups is 3. The van der Waals surface area contributed by atoms with E-state index in [1.54, 1.807) is 24.3 Å². The molecule has 2 aliphatic heterocycles. The third-order valence-electron chi connectivity index (χ3n) is 5.59. The summed E-state index contributed by atoms with van der Waals surface area (Å²) in [5.41, 5.74) is 1.43. The molecule has 0 saturated carbocycles. The minimum absolute atomic E-state index is 0.0232. The van der Waals surface area contributed by atoms with Crippen molar-refractivity contribution in [2.75, 3.05) is 36.4 Å². The molecule has 3 rings (SSSR count). The van der Waals surface area contributed by atoms with Gasteiger partial charge in [0.05, 0.1) is 0 Å². The van der Waals surface area contributed by atoms with Crippen molar-refractivity contribution in [2.24, 2.45) is 0 Å². The van der Waals surface area contributed by atoms with E-state index in [-0.39, 0.29) is 11.8 Å². The van der Waals surface area contributed by atoms with Crippen LogP contribution in [-0.4, -0.2) is 48.9 Å². The van der Waals surface area contributed by atoms with Gasteiger partial charge in [-0.2, -0.15) is 0 Å². The number of unbranched alkanes of at least 4 members (excludes halogenated alkanes) is 3. The van der Waals surface area contributed by atoms with Crippen LogP contribution < -0.4 is 15.5 Å². The highest BCUT2D eigenvalue weighted by atomic mass is 16.2. The Morgan fingerprint density at radius 3 is 2.38 bits per heavy atom. The van der Waals surface area contributed by atoms with Crippen molar-refractivity contribution in [3.8, 4) is 0 Å². The number of rotatable bonds is 9. The average Bonchev–Trinajstić information content (AvgIpc) is 2.72. The lowest BCUT2D eigenvalue weighted by Crippen LogP contribution is -2.49. The summed E-state index contributed by atoms with van der Waals surface area (Å²) in [6, 6.07) is 6.74. The molecule has 7 heteroatoms. The van der Waals surface area contributed by atoms with Crippen molar-refractivity contribution < 1.29 is 14.4 Å². The van der Waals surface area contributed by atoms with Crippen LogP contribution in [0.4, 0.5) is 16.2 Å². The van der Waals surface area contributed by atoms with E-state index < -0.39 is 6.03 Å². The molecule has 1 aromatic rings. The van der Waals surface area contributed by atoms with E-state index in [4.69, 9.17) is 0 Å². The standard InChI is InChI=1S/C22H32N4O3/c27-20(8-4-1-2-5-14-25-15-6-3-7-16-25)23-18-9-11-19(12-10-18)26-17-13-21(28)24-22(26)29/h9-12H,1-8,13-17H2,(H,23,27)(H,24,28,29). The summed E-state index contributed by atoms with van der Waals surface area (Å²) in [5, 5.41) is 5.22. The molecule has 7 nitrogen and oxygen atoms in total. The second-order valence-corrected chi connectivity index (χ2v) is 7.92. The van der Waals surface area contributed by atoms with Gasteiger partial charge in [0.15, 0.2) is 0 Å². The monoisotopic (exact) mass is 400 g/mol. The Labute approximate surface area is 172 Å². The van der Waals surface area contributed by atoms with Crippen LogP contribution in [0.1, 0.15) is 57.8 Å². The van der Waals surface area contributed by atoms with Gasteiger partial charge in [0.25, 0.3) is 0 Å². The summed E-state index contributed by atoms with van der Waals surface area (Å²) in [6.07, 6.45) is 9.28. The lowest BCUT2D eigenvalue weighted by atomic mass is 10.1. The molecule has 2 aliphatic rings. The Hall–Kier alpha value is -2.41. The van der Waals surface area contributed by atoms with Gasteiger partial charge in [-0.1, -0.05) is 19.3 Å². The topological polar surface area (TPSA) is 81.8 Å². The molecule has 2 N–H and O–H groups in total. The Balaban J connectivity index is 1.31. The van der Waals surface area contributed by atoms with Gasteiger partial charge in [0.2, 0.25) is 11.8 Å². The highest BCUT2D eigenvalue weighted by Crippen LogP contribution is 2.20. The first kappa shape index (κ1) is 21.3. The van der Waals surface area contributed by atoms with E-state index in [1.165, 1.54) is 56.6 Å². The fourth-order valence-electron chi connectivity index (χ4n) is 3.92. The Kier molecular flexibility index (Phi) is 8.04. The number of anilines is 2. The average molecular weight is 401 g/mol. The Morgan fingerprint density at radius 2 is 1.66 bits per heavy atom. The molecule has 158 valence electrons. The molecular formula is C22H32N4O3. The smallest absolute Gasteiger partial charge is 0.326 e. The number of imide groups is 1. The third-order valence-corrected chi connectivity index (χ3v) is 5.59. The molecule has 0 aliphatic carbocycles. The summed E-state index contributed by atoms with van der Waals surface area (Å²) in [5.74, 6) is -0.225. The number of nitrogens with zero attached hydrogens (tertiary/aromatic N) is 2. The molecule has 0 radical (unpaired) electrons. The van der Waals surface area contributed by atoms with Crippen LogP contribution in [0.15, 0.2) is 24.3 Å². The van der Waals surface area contributed by atoms with E-state index in [0.29, 0.717) is 25.1 Å². The molecule has 29 heavy (non-hydrogen) atoms. The summed E-state index contributed by atoms with van der Waals surface area (Å²) in [6.45, 7) is 4.07. The molecule has 2 heterocycles. The maximum Gasteiger partial charge on any atom is 0.328 e. The van der Waals surface area contributed by atoms with Gasteiger partial charge in [-0.3, -0.25) is 19.8 Å². The van der Waals surface area contributed by atoms with Crippen LogP contribution in [0, 0.1) is 0 Å². The lowest BCUT2D eigenvalue weighted by molar-refractivity contribution is -0.120. The zero-order valence-corrected chi connectivity index (χ0v) is 17.1. The lowest BCUT2D eigenvalue weighted by Gasteiger charge is -2.26. The maximum absolute atomic E-state index is 12.1. The second-order valence-electron chi connectivity index (χ2n) is 7.92. The first-order chi connectivity index (χ1) is 14.1. The van der Waals surface area contributed by atoms with Crippen LogP contribution in [0.5, 0.6) is 0 Å². The van der Waals surface area contributed by atoms with Crippen molar-refractivity contribution in [3.63, 3.8) is 0 Å². The van der Waals surface area contributed by atoms with Gasteiger partial charge in [-0.15, -0.1) is 0 Å². The molecule has 0 bridgehead atoms. The maximum atomic E-state index is 12.1. The Bertz CT molecular complexity index is 699. The third kappa shape index (κ3) is 6.85. The minimum atomic E-state index is -0.404. The van der Waals surface area contributed by atoms with Gasteiger partial charge in [0, 0.05) is 30.8 Å². The van der Waals surface area contributed by atoms with Crippen molar-refractivity contribution in [1.29, 1.82) is 0 Å². The van der Waals surface area contributed by atoms with Gasteiger partial charge in [-0.25, -0.2) is 4.79 Å². The first-order valence-corrected chi connectivity index (χ1v) is 10.9. The number of likely N-dealkylation sites (tertiary alicyclic amines) is 1. The normalized spacial score (nSPS) is 17.9. The fraction of sp³-hybridized carbons (Fsp3) is 0.591. The van der Waals surface area contributed by atoms with Crippen LogP contribution in [-0.2, 0) is 9.59 Å². The molecule has 0 spiro atoms. The molecular weight excluding hydrogens is 368 g/mol. The molecule has 2 saturated heterocycles. The van der Waals surface area contributed by atoms with E-state index in [0.717, 1.165) is 18.5 Å². The SMILES string of the molecule is O=C1CCN(c2ccc(NC(=O)CCCCCCN3CCCCC3)cc2)C(=O)N1. The molecule has 0 unspecified atom stereocenters. The minimum Gasteiger partial charge on any atom is -0.326 e. The number of benzene rings is 1. The highest BCUT2D eigenvalue weighted by molar-refractivity contribution is 6.05. The number of nitrogens with one attached hydrogen (secondary N) is 2. The zero-order valence-electron chi connectivity index (χ0n) is 17.1.